The third-order valence-corrected chi connectivity index (χ3v) is 7.01. The number of hydrogen-bond donors (Lipinski definition) is 3. The summed E-state index contributed by atoms with van der Waals surface area (Å²) in [5, 5.41) is 5.97. The van der Waals surface area contributed by atoms with Crippen LogP contribution in [0.25, 0.3) is 0 Å². The second-order valence-corrected chi connectivity index (χ2v) is 9.41. The molecule has 5 rings (SSSR count). The zero-order chi connectivity index (χ0) is 24.8. The third kappa shape index (κ3) is 3.82. The summed E-state index contributed by atoms with van der Waals surface area (Å²) in [5.41, 5.74) is 0.288. The molecular formula is C23H27N5O7. The molecule has 4 aliphatic rings. The molecule has 186 valence electrons. The molecule has 1 aliphatic carbocycles. The monoisotopic (exact) mass is 485 g/mol. The van der Waals surface area contributed by atoms with Crippen LogP contribution in [0.3, 0.4) is 0 Å². The van der Waals surface area contributed by atoms with E-state index in [1.807, 2.05) is 0 Å². The molecule has 0 radical (unpaired) electrons. The molecule has 12 nitrogen and oxygen atoms in total. The van der Waals surface area contributed by atoms with Crippen molar-refractivity contribution in [1.82, 2.24) is 26.0 Å². The van der Waals surface area contributed by atoms with Crippen LogP contribution in [0, 0.1) is 0 Å². The summed E-state index contributed by atoms with van der Waals surface area (Å²) in [7, 11) is 0. The standard InChI is InChI=1S/C23H27N5O7/c1-22(14-6-7-15-16(12-14)35-11-5-10-34-15)18(30)27(20(32)24-22)13-17(29)26-28-19(31)23(25-21(28)33)8-3-2-4-9-23/h6-7,12H,2-5,8-11,13H2,1H3,(H,24,32)(H,25,33)(H,26,29). The third-order valence-electron chi connectivity index (χ3n) is 7.01. The zero-order valence-corrected chi connectivity index (χ0v) is 19.3. The summed E-state index contributed by atoms with van der Waals surface area (Å²) in [6, 6.07) is 3.49. The molecule has 1 atom stereocenters. The molecule has 1 unspecified atom stereocenters. The summed E-state index contributed by atoms with van der Waals surface area (Å²) >= 11 is 0. The Labute approximate surface area is 201 Å². The van der Waals surface area contributed by atoms with Crippen molar-refractivity contribution in [2.45, 2.75) is 56.5 Å². The van der Waals surface area contributed by atoms with Crippen molar-refractivity contribution in [2.24, 2.45) is 0 Å². The number of fused-ring (bicyclic) bond motifs is 1. The fraction of sp³-hybridized carbons (Fsp3) is 0.522. The van der Waals surface area contributed by atoms with Gasteiger partial charge in [0.05, 0.1) is 13.2 Å². The first-order valence-electron chi connectivity index (χ1n) is 11.7. The average Bonchev–Trinajstić information content (AvgIpc) is 3.07. The highest BCUT2D eigenvalue weighted by atomic mass is 16.5. The van der Waals surface area contributed by atoms with Gasteiger partial charge in [-0.2, -0.15) is 5.01 Å². The molecule has 0 bridgehead atoms. The lowest BCUT2D eigenvalue weighted by molar-refractivity contribution is -0.141. The van der Waals surface area contributed by atoms with Crippen molar-refractivity contribution in [1.29, 1.82) is 0 Å². The molecule has 7 amide bonds. The van der Waals surface area contributed by atoms with Crippen LogP contribution in [-0.2, 0) is 19.9 Å². The van der Waals surface area contributed by atoms with Gasteiger partial charge in [0.25, 0.3) is 17.7 Å². The van der Waals surface area contributed by atoms with Crippen LogP contribution in [0.15, 0.2) is 18.2 Å². The van der Waals surface area contributed by atoms with Gasteiger partial charge in [0.1, 0.15) is 17.6 Å². The number of amides is 7. The first kappa shape index (κ1) is 22.9. The van der Waals surface area contributed by atoms with Gasteiger partial charge in [-0.25, -0.2) is 9.59 Å². The van der Waals surface area contributed by atoms with Crippen molar-refractivity contribution in [3.8, 4) is 11.5 Å². The molecule has 12 heteroatoms. The minimum absolute atomic E-state index is 0.462. The maximum Gasteiger partial charge on any atom is 0.344 e. The number of carbonyl (C=O) groups is 5. The van der Waals surface area contributed by atoms with Crippen molar-refractivity contribution >= 4 is 29.8 Å². The fourth-order valence-electron chi connectivity index (χ4n) is 5.03. The van der Waals surface area contributed by atoms with Gasteiger partial charge in [0.15, 0.2) is 11.5 Å². The van der Waals surface area contributed by atoms with E-state index in [0.717, 1.165) is 30.6 Å². The normalized spacial score (nSPS) is 25.4. The van der Waals surface area contributed by atoms with Crippen molar-refractivity contribution in [3.63, 3.8) is 0 Å². The Hall–Kier alpha value is -3.83. The van der Waals surface area contributed by atoms with Gasteiger partial charge < -0.3 is 20.1 Å². The lowest BCUT2D eigenvalue weighted by Gasteiger charge is -2.30. The van der Waals surface area contributed by atoms with E-state index in [1.165, 1.54) is 6.92 Å². The van der Waals surface area contributed by atoms with Crippen LogP contribution < -0.4 is 25.5 Å². The summed E-state index contributed by atoms with van der Waals surface area (Å²) in [4.78, 5) is 64.6. The van der Waals surface area contributed by atoms with Gasteiger partial charge in [-0.3, -0.25) is 24.7 Å². The van der Waals surface area contributed by atoms with E-state index in [2.05, 4.69) is 16.1 Å². The van der Waals surface area contributed by atoms with E-state index < -0.39 is 47.4 Å². The molecule has 1 aromatic rings. The van der Waals surface area contributed by atoms with E-state index in [1.54, 1.807) is 18.2 Å². The Kier molecular flexibility index (Phi) is 5.53. The van der Waals surface area contributed by atoms with Gasteiger partial charge in [-0.15, -0.1) is 0 Å². The number of nitrogens with one attached hydrogen (secondary N) is 3. The SMILES string of the molecule is CC1(c2ccc3c(c2)OCCCO3)NC(=O)N(CC(=O)NN2C(=O)NC3(CCCCC3)C2=O)C1=O. The van der Waals surface area contributed by atoms with Gasteiger partial charge >= 0.3 is 12.1 Å². The first-order valence-corrected chi connectivity index (χ1v) is 11.7. The number of benzene rings is 1. The molecule has 1 saturated carbocycles. The number of imide groups is 2. The fourth-order valence-corrected chi connectivity index (χ4v) is 5.03. The van der Waals surface area contributed by atoms with E-state index in [4.69, 9.17) is 9.47 Å². The van der Waals surface area contributed by atoms with Crippen LogP contribution in [0.4, 0.5) is 9.59 Å². The molecule has 2 saturated heterocycles. The topological polar surface area (TPSA) is 146 Å². The highest BCUT2D eigenvalue weighted by Crippen LogP contribution is 2.37. The summed E-state index contributed by atoms with van der Waals surface area (Å²) < 4.78 is 11.3. The highest BCUT2D eigenvalue weighted by Gasteiger charge is 2.53. The van der Waals surface area contributed by atoms with Crippen LogP contribution in [-0.4, -0.2) is 65.0 Å². The number of urea groups is 2. The maximum atomic E-state index is 13.2. The Morgan fingerprint density at radius 1 is 0.943 bits per heavy atom. The predicted molar refractivity (Wildman–Crippen MR) is 119 cm³/mol. The molecule has 3 fully saturated rings. The first-order chi connectivity index (χ1) is 16.7. The van der Waals surface area contributed by atoms with Crippen LogP contribution >= 0.6 is 0 Å². The van der Waals surface area contributed by atoms with Crippen molar-refractivity contribution in [2.75, 3.05) is 19.8 Å². The van der Waals surface area contributed by atoms with E-state index in [-0.39, 0.29) is 0 Å². The summed E-state index contributed by atoms with van der Waals surface area (Å²) in [6.07, 6.45) is 4.31. The molecule has 1 aromatic carbocycles. The van der Waals surface area contributed by atoms with Crippen LogP contribution in [0.5, 0.6) is 11.5 Å². The van der Waals surface area contributed by atoms with Crippen LogP contribution in [0.1, 0.15) is 51.0 Å². The number of carbonyl (C=O) groups excluding carboxylic acids is 5. The van der Waals surface area contributed by atoms with Gasteiger partial charge in [-0.05, 0) is 37.5 Å². The number of hydrogen-bond acceptors (Lipinski definition) is 7. The highest BCUT2D eigenvalue weighted by molar-refractivity contribution is 6.10. The quantitative estimate of drug-likeness (QED) is 0.537. The molecule has 3 heterocycles. The minimum atomic E-state index is -1.44. The van der Waals surface area contributed by atoms with Gasteiger partial charge in [-0.1, -0.05) is 25.3 Å². The Bertz CT molecular complexity index is 1120. The number of ether oxygens (including phenoxy) is 2. The predicted octanol–water partition coefficient (Wildman–Crippen LogP) is 0.901. The maximum absolute atomic E-state index is 13.2. The number of nitrogens with zero attached hydrogens (tertiary/aromatic N) is 2. The van der Waals surface area contributed by atoms with Crippen LogP contribution in [0.2, 0.25) is 0 Å². The molecule has 1 spiro atoms. The molecule has 35 heavy (non-hydrogen) atoms. The molecular weight excluding hydrogens is 458 g/mol. The Morgan fingerprint density at radius 2 is 1.66 bits per heavy atom. The lowest BCUT2D eigenvalue weighted by atomic mass is 9.82. The van der Waals surface area contributed by atoms with E-state index in [0.29, 0.717) is 48.1 Å². The van der Waals surface area contributed by atoms with E-state index in [9.17, 15) is 24.0 Å². The summed E-state index contributed by atoms with van der Waals surface area (Å²) in [5.74, 6) is -0.993. The number of rotatable bonds is 4. The van der Waals surface area contributed by atoms with E-state index >= 15 is 0 Å². The minimum Gasteiger partial charge on any atom is -0.490 e. The average molecular weight is 485 g/mol. The molecule has 3 N–H and O–H groups in total. The van der Waals surface area contributed by atoms with Gasteiger partial charge in [0.2, 0.25) is 0 Å². The molecule has 0 aromatic heterocycles. The Morgan fingerprint density at radius 3 is 2.40 bits per heavy atom. The number of hydrazine groups is 1. The molecule has 3 aliphatic heterocycles. The second kappa shape index (κ2) is 8.43. The van der Waals surface area contributed by atoms with Crippen molar-refractivity contribution in [3.05, 3.63) is 23.8 Å². The smallest absolute Gasteiger partial charge is 0.344 e. The second-order valence-electron chi connectivity index (χ2n) is 9.41. The van der Waals surface area contributed by atoms with Crippen molar-refractivity contribution < 1.29 is 33.4 Å². The lowest BCUT2D eigenvalue weighted by Crippen LogP contribution is -2.53. The summed E-state index contributed by atoms with van der Waals surface area (Å²) in [6.45, 7) is 1.86. The van der Waals surface area contributed by atoms with Gasteiger partial charge in [0, 0.05) is 6.42 Å². The largest absolute Gasteiger partial charge is 0.490 e. The Balaban J connectivity index is 1.28. The zero-order valence-electron chi connectivity index (χ0n) is 19.3.